The monoisotopic (exact) mass is 242 g/mol. The maximum atomic E-state index is 10.7. The van der Waals surface area contributed by atoms with Crippen molar-refractivity contribution in [3.05, 3.63) is 0 Å². The van der Waals surface area contributed by atoms with Crippen LogP contribution in [0, 0.1) is 17.3 Å². The molecule has 1 aliphatic heterocycles. The molecule has 17 heavy (non-hydrogen) atoms. The van der Waals surface area contributed by atoms with Crippen LogP contribution in [0.15, 0.2) is 0 Å². The molecule has 0 amide bonds. The quantitative estimate of drug-likeness (QED) is 0.711. The molecule has 0 saturated carbocycles. The number of hydrogen-bond donors (Lipinski definition) is 0. The van der Waals surface area contributed by atoms with Crippen molar-refractivity contribution in [1.29, 1.82) is 0 Å². The molecule has 1 aliphatic rings. The third-order valence-corrected chi connectivity index (χ3v) is 3.04. The van der Waals surface area contributed by atoms with Gasteiger partial charge in [-0.25, -0.2) is 0 Å². The van der Waals surface area contributed by atoms with Crippen molar-refractivity contribution in [3.63, 3.8) is 0 Å². The second kappa shape index (κ2) is 6.50. The zero-order valence-corrected chi connectivity index (χ0v) is 11.6. The SMILES string of the molecule is CC(CC1OCCC(C=O)CO1)CC(C)(C)C. The number of hydrogen-bond acceptors (Lipinski definition) is 3. The second-order valence-corrected chi connectivity index (χ2v) is 6.42. The summed E-state index contributed by atoms with van der Waals surface area (Å²) in [5.41, 5.74) is 0.343. The lowest BCUT2D eigenvalue weighted by Gasteiger charge is -2.26. The molecule has 0 aromatic carbocycles. The molecule has 0 aromatic rings. The van der Waals surface area contributed by atoms with Gasteiger partial charge in [-0.15, -0.1) is 0 Å². The van der Waals surface area contributed by atoms with Gasteiger partial charge in [-0.2, -0.15) is 0 Å². The van der Waals surface area contributed by atoms with Gasteiger partial charge in [0.15, 0.2) is 6.29 Å². The molecule has 3 atom stereocenters. The Hall–Kier alpha value is -0.410. The molecule has 1 heterocycles. The molecule has 0 spiro atoms. The molecular formula is C14H26O3. The van der Waals surface area contributed by atoms with E-state index in [9.17, 15) is 4.79 Å². The molecular weight excluding hydrogens is 216 g/mol. The molecule has 0 aromatic heterocycles. The third-order valence-electron chi connectivity index (χ3n) is 3.04. The van der Waals surface area contributed by atoms with Gasteiger partial charge in [-0.1, -0.05) is 27.7 Å². The largest absolute Gasteiger partial charge is 0.353 e. The molecule has 0 radical (unpaired) electrons. The van der Waals surface area contributed by atoms with E-state index < -0.39 is 0 Å². The molecule has 0 N–H and O–H groups in total. The number of aldehydes is 1. The maximum absolute atomic E-state index is 10.7. The van der Waals surface area contributed by atoms with Gasteiger partial charge in [0.25, 0.3) is 0 Å². The fraction of sp³-hybridized carbons (Fsp3) is 0.929. The van der Waals surface area contributed by atoms with Gasteiger partial charge in [0.2, 0.25) is 0 Å². The average molecular weight is 242 g/mol. The fourth-order valence-electron chi connectivity index (χ4n) is 2.41. The lowest BCUT2D eigenvalue weighted by molar-refractivity contribution is -0.140. The van der Waals surface area contributed by atoms with E-state index in [1.165, 1.54) is 0 Å². The summed E-state index contributed by atoms with van der Waals surface area (Å²) in [4.78, 5) is 10.7. The molecule has 100 valence electrons. The van der Waals surface area contributed by atoms with Crippen LogP contribution in [0.1, 0.15) is 47.0 Å². The average Bonchev–Trinajstić information content (AvgIpc) is 2.40. The highest BCUT2D eigenvalue weighted by atomic mass is 16.7. The standard InChI is InChI=1S/C14H26O3/c1-11(8-14(2,3)4)7-13-16-6-5-12(9-15)10-17-13/h9,11-13H,5-8,10H2,1-4H3. The minimum Gasteiger partial charge on any atom is -0.353 e. The van der Waals surface area contributed by atoms with Crippen molar-refractivity contribution in [2.24, 2.45) is 17.3 Å². The molecule has 0 aliphatic carbocycles. The summed E-state index contributed by atoms with van der Waals surface area (Å²) >= 11 is 0. The molecule has 1 saturated heterocycles. The Morgan fingerprint density at radius 3 is 2.65 bits per heavy atom. The smallest absolute Gasteiger partial charge is 0.157 e. The minimum absolute atomic E-state index is 0.0120. The molecule has 3 unspecified atom stereocenters. The summed E-state index contributed by atoms with van der Waals surface area (Å²) in [6.07, 6.45) is 3.71. The van der Waals surface area contributed by atoms with Crippen molar-refractivity contribution in [2.45, 2.75) is 53.2 Å². The second-order valence-electron chi connectivity index (χ2n) is 6.42. The van der Waals surface area contributed by atoms with Crippen molar-refractivity contribution >= 4 is 6.29 Å². The predicted octanol–water partition coefficient (Wildman–Crippen LogP) is 3.03. The highest BCUT2D eigenvalue weighted by molar-refractivity contribution is 5.53. The van der Waals surface area contributed by atoms with Crippen LogP contribution in [0.3, 0.4) is 0 Å². The van der Waals surface area contributed by atoms with Gasteiger partial charge in [0.1, 0.15) is 6.29 Å². The first-order valence-corrected chi connectivity index (χ1v) is 6.59. The van der Waals surface area contributed by atoms with Gasteiger partial charge in [0, 0.05) is 12.3 Å². The topological polar surface area (TPSA) is 35.5 Å². The van der Waals surface area contributed by atoms with Crippen LogP contribution < -0.4 is 0 Å². The third kappa shape index (κ3) is 6.18. The molecule has 1 fully saturated rings. The van der Waals surface area contributed by atoms with E-state index in [0.29, 0.717) is 24.5 Å². The first-order chi connectivity index (χ1) is 7.90. The molecule has 0 bridgehead atoms. The summed E-state index contributed by atoms with van der Waals surface area (Å²) in [5.74, 6) is 0.589. The minimum atomic E-state index is -0.128. The van der Waals surface area contributed by atoms with E-state index in [4.69, 9.17) is 9.47 Å². The molecule has 1 rings (SSSR count). The summed E-state index contributed by atoms with van der Waals surface area (Å²) in [5, 5.41) is 0. The van der Waals surface area contributed by atoms with Crippen LogP contribution in [-0.2, 0) is 14.3 Å². The predicted molar refractivity (Wildman–Crippen MR) is 67.7 cm³/mol. The van der Waals surface area contributed by atoms with Crippen LogP contribution in [-0.4, -0.2) is 25.8 Å². The van der Waals surface area contributed by atoms with E-state index >= 15 is 0 Å². The summed E-state index contributed by atoms with van der Waals surface area (Å²) in [6, 6.07) is 0. The van der Waals surface area contributed by atoms with Crippen LogP contribution >= 0.6 is 0 Å². The highest BCUT2D eigenvalue weighted by Gasteiger charge is 2.23. The highest BCUT2D eigenvalue weighted by Crippen LogP contribution is 2.28. The van der Waals surface area contributed by atoms with Crippen molar-refractivity contribution in [3.8, 4) is 0 Å². The maximum Gasteiger partial charge on any atom is 0.157 e. The Kier molecular flexibility index (Phi) is 5.60. The summed E-state index contributed by atoms with van der Waals surface area (Å²) in [6.45, 7) is 10.1. The van der Waals surface area contributed by atoms with Crippen molar-refractivity contribution in [2.75, 3.05) is 13.2 Å². The van der Waals surface area contributed by atoms with Gasteiger partial charge in [0.05, 0.1) is 13.2 Å². The number of carbonyl (C=O) groups is 1. The van der Waals surface area contributed by atoms with Gasteiger partial charge in [-0.05, 0) is 24.2 Å². The van der Waals surface area contributed by atoms with Crippen LogP contribution in [0.25, 0.3) is 0 Å². The van der Waals surface area contributed by atoms with E-state index in [0.717, 1.165) is 25.5 Å². The fourth-order valence-corrected chi connectivity index (χ4v) is 2.41. The van der Waals surface area contributed by atoms with E-state index in [1.807, 2.05) is 0 Å². The summed E-state index contributed by atoms with van der Waals surface area (Å²) < 4.78 is 11.3. The van der Waals surface area contributed by atoms with Crippen molar-refractivity contribution in [1.82, 2.24) is 0 Å². The van der Waals surface area contributed by atoms with E-state index in [-0.39, 0.29) is 12.2 Å². The van der Waals surface area contributed by atoms with Crippen LogP contribution in [0.5, 0.6) is 0 Å². The van der Waals surface area contributed by atoms with Crippen molar-refractivity contribution < 1.29 is 14.3 Å². The van der Waals surface area contributed by atoms with Gasteiger partial charge in [-0.3, -0.25) is 0 Å². The Morgan fingerprint density at radius 2 is 2.06 bits per heavy atom. The Morgan fingerprint density at radius 1 is 1.35 bits per heavy atom. The van der Waals surface area contributed by atoms with E-state index in [2.05, 4.69) is 27.7 Å². The normalized spacial score (nSPS) is 28.5. The summed E-state index contributed by atoms with van der Waals surface area (Å²) in [7, 11) is 0. The Balaban J connectivity index is 2.33. The molecule has 3 nitrogen and oxygen atoms in total. The Labute approximate surface area is 105 Å². The number of ether oxygens (including phenoxy) is 2. The van der Waals surface area contributed by atoms with Crippen LogP contribution in [0.4, 0.5) is 0 Å². The zero-order valence-electron chi connectivity index (χ0n) is 11.6. The lowest BCUT2D eigenvalue weighted by atomic mass is 9.84. The first-order valence-electron chi connectivity index (χ1n) is 6.59. The first kappa shape index (κ1) is 14.7. The van der Waals surface area contributed by atoms with Gasteiger partial charge >= 0.3 is 0 Å². The Bertz CT molecular complexity index is 232. The zero-order chi connectivity index (χ0) is 12.9. The number of rotatable bonds is 4. The van der Waals surface area contributed by atoms with Gasteiger partial charge < -0.3 is 14.3 Å². The van der Waals surface area contributed by atoms with Crippen LogP contribution in [0.2, 0.25) is 0 Å². The molecule has 3 heteroatoms. The number of carbonyl (C=O) groups excluding carboxylic acids is 1. The lowest BCUT2D eigenvalue weighted by Crippen LogP contribution is -2.22. The van der Waals surface area contributed by atoms with E-state index in [1.54, 1.807) is 0 Å².